The number of H-pyrrole nitrogens is 1. The Bertz CT molecular complexity index is 896. The van der Waals surface area contributed by atoms with Gasteiger partial charge in [-0.25, -0.2) is 4.79 Å². The molecular formula is C23H31N3O3. The third-order valence-electron chi connectivity index (χ3n) is 6.48. The second kappa shape index (κ2) is 8.09. The summed E-state index contributed by atoms with van der Waals surface area (Å²) in [6.07, 6.45) is 4.54. The van der Waals surface area contributed by atoms with Crippen LogP contribution in [0.3, 0.4) is 0 Å². The standard InChI is InChI=1S/C23H31N3O3/c1-4-20-21-18(17-7-5-6-8-19(17)24-21)13-14-26(20)22(27)15-9-11-16(12-10-15)29-23(28)25(2)3/h5-8,15-16,20,24H,4,9-14H2,1-3H3. The van der Waals surface area contributed by atoms with Crippen molar-refractivity contribution >= 4 is 22.9 Å². The van der Waals surface area contributed by atoms with Gasteiger partial charge in [0.05, 0.1) is 6.04 Å². The van der Waals surface area contributed by atoms with Crippen LogP contribution in [0.25, 0.3) is 10.9 Å². The summed E-state index contributed by atoms with van der Waals surface area (Å²) in [4.78, 5) is 32.3. The Morgan fingerprint density at radius 1 is 1.17 bits per heavy atom. The number of rotatable bonds is 3. The molecule has 4 rings (SSSR count). The third-order valence-corrected chi connectivity index (χ3v) is 6.48. The van der Waals surface area contributed by atoms with Crippen molar-refractivity contribution in [1.82, 2.24) is 14.8 Å². The molecule has 1 saturated carbocycles. The number of benzene rings is 1. The molecule has 156 valence electrons. The van der Waals surface area contributed by atoms with E-state index in [0.717, 1.165) is 50.6 Å². The summed E-state index contributed by atoms with van der Waals surface area (Å²) in [6, 6.07) is 8.53. The largest absolute Gasteiger partial charge is 0.446 e. The van der Waals surface area contributed by atoms with E-state index in [-0.39, 0.29) is 30.1 Å². The quantitative estimate of drug-likeness (QED) is 0.842. The van der Waals surface area contributed by atoms with Crippen LogP contribution in [-0.4, -0.2) is 53.5 Å². The Morgan fingerprint density at radius 3 is 2.59 bits per heavy atom. The predicted octanol–water partition coefficient (Wildman–Crippen LogP) is 4.26. The van der Waals surface area contributed by atoms with Crippen molar-refractivity contribution in [3.8, 4) is 0 Å². The lowest BCUT2D eigenvalue weighted by molar-refractivity contribution is -0.140. The number of hydrogen-bond acceptors (Lipinski definition) is 3. The van der Waals surface area contributed by atoms with E-state index in [4.69, 9.17) is 4.74 Å². The molecule has 29 heavy (non-hydrogen) atoms. The van der Waals surface area contributed by atoms with Crippen LogP contribution in [-0.2, 0) is 16.0 Å². The van der Waals surface area contributed by atoms with Crippen LogP contribution in [0.2, 0.25) is 0 Å². The molecule has 1 atom stereocenters. The summed E-state index contributed by atoms with van der Waals surface area (Å²) in [5, 5.41) is 1.29. The summed E-state index contributed by atoms with van der Waals surface area (Å²) < 4.78 is 5.51. The minimum absolute atomic E-state index is 0.0317. The highest BCUT2D eigenvalue weighted by Crippen LogP contribution is 2.38. The number of aromatic nitrogens is 1. The van der Waals surface area contributed by atoms with Crippen LogP contribution in [0.4, 0.5) is 4.79 Å². The molecule has 1 aliphatic carbocycles. The van der Waals surface area contributed by atoms with Gasteiger partial charge in [0.1, 0.15) is 6.10 Å². The van der Waals surface area contributed by atoms with Crippen LogP contribution in [0.5, 0.6) is 0 Å². The van der Waals surface area contributed by atoms with Crippen LogP contribution >= 0.6 is 0 Å². The molecule has 1 aliphatic heterocycles. The first-order valence-corrected chi connectivity index (χ1v) is 10.8. The molecule has 1 aromatic carbocycles. The number of nitrogens with zero attached hydrogens (tertiary/aromatic N) is 2. The smallest absolute Gasteiger partial charge is 0.409 e. The number of fused-ring (bicyclic) bond motifs is 3. The normalized spacial score (nSPS) is 24.2. The summed E-state index contributed by atoms with van der Waals surface area (Å²) in [7, 11) is 3.38. The molecule has 0 radical (unpaired) electrons. The minimum atomic E-state index is -0.298. The number of nitrogens with one attached hydrogen (secondary N) is 1. The van der Waals surface area contributed by atoms with Crippen LogP contribution in [0.15, 0.2) is 24.3 Å². The Balaban J connectivity index is 1.45. The number of ether oxygens (including phenoxy) is 1. The molecule has 1 unspecified atom stereocenters. The van der Waals surface area contributed by atoms with Gasteiger partial charge in [-0.3, -0.25) is 4.79 Å². The zero-order valence-corrected chi connectivity index (χ0v) is 17.6. The summed E-state index contributed by atoms with van der Waals surface area (Å²) >= 11 is 0. The average Bonchev–Trinajstić information content (AvgIpc) is 3.11. The average molecular weight is 398 g/mol. The van der Waals surface area contributed by atoms with Crippen molar-refractivity contribution in [1.29, 1.82) is 0 Å². The Morgan fingerprint density at radius 2 is 1.90 bits per heavy atom. The number of para-hydroxylation sites is 1. The molecule has 1 aromatic heterocycles. The van der Waals surface area contributed by atoms with E-state index in [1.807, 2.05) is 0 Å². The predicted molar refractivity (Wildman–Crippen MR) is 113 cm³/mol. The zero-order valence-electron chi connectivity index (χ0n) is 17.6. The highest BCUT2D eigenvalue weighted by Gasteiger charge is 2.37. The SMILES string of the molecule is CCC1c2[nH]c3ccccc3c2CCN1C(=O)C1CCC(OC(=O)N(C)C)CC1. The Kier molecular flexibility index (Phi) is 5.52. The lowest BCUT2D eigenvalue weighted by Crippen LogP contribution is -2.44. The topological polar surface area (TPSA) is 65.6 Å². The number of carbonyl (C=O) groups is 2. The lowest BCUT2D eigenvalue weighted by atomic mass is 9.85. The Hall–Kier alpha value is -2.50. The highest BCUT2D eigenvalue weighted by atomic mass is 16.6. The molecule has 2 heterocycles. The highest BCUT2D eigenvalue weighted by molar-refractivity contribution is 5.86. The van der Waals surface area contributed by atoms with Gasteiger partial charge in [0, 0.05) is 43.2 Å². The van der Waals surface area contributed by atoms with Crippen molar-refractivity contribution < 1.29 is 14.3 Å². The second-order valence-corrected chi connectivity index (χ2v) is 8.52. The summed E-state index contributed by atoms with van der Waals surface area (Å²) in [5.41, 5.74) is 3.74. The van der Waals surface area contributed by atoms with Crippen molar-refractivity contribution in [2.75, 3.05) is 20.6 Å². The van der Waals surface area contributed by atoms with E-state index in [1.165, 1.54) is 21.5 Å². The molecule has 2 aliphatic rings. The summed E-state index contributed by atoms with van der Waals surface area (Å²) in [6.45, 7) is 2.94. The monoisotopic (exact) mass is 397 g/mol. The fourth-order valence-electron chi connectivity index (χ4n) is 4.92. The number of hydrogen-bond donors (Lipinski definition) is 1. The van der Waals surface area contributed by atoms with Crippen LogP contribution in [0.1, 0.15) is 56.3 Å². The first-order chi connectivity index (χ1) is 14.0. The second-order valence-electron chi connectivity index (χ2n) is 8.52. The Labute approximate surface area is 172 Å². The van der Waals surface area contributed by atoms with Gasteiger partial charge < -0.3 is 19.5 Å². The van der Waals surface area contributed by atoms with E-state index >= 15 is 0 Å². The molecule has 0 spiro atoms. The maximum absolute atomic E-state index is 13.4. The van der Waals surface area contributed by atoms with E-state index in [1.54, 1.807) is 14.1 Å². The molecule has 6 nitrogen and oxygen atoms in total. The minimum Gasteiger partial charge on any atom is -0.446 e. The molecule has 1 N–H and O–H groups in total. The van der Waals surface area contributed by atoms with E-state index < -0.39 is 0 Å². The van der Waals surface area contributed by atoms with Gasteiger partial charge in [0.25, 0.3) is 0 Å². The van der Waals surface area contributed by atoms with Gasteiger partial charge in [0.15, 0.2) is 0 Å². The van der Waals surface area contributed by atoms with Crippen LogP contribution in [0, 0.1) is 5.92 Å². The number of amides is 2. The fourth-order valence-corrected chi connectivity index (χ4v) is 4.92. The molecule has 6 heteroatoms. The van der Waals surface area contributed by atoms with Gasteiger partial charge in [-0.15, -0.1) is 0 Å². The van der Waals surface area contributed by atoms with E-state index in [2.05, 4.69) is 41.1 Å². The van der Waals surface area contributed by atoms with Crippen molar-refractivity contribution in [3.63, 3.8) is 0 Å². The first-order valence-electron chi connectivity index (χ1n) is 10.8. The molecule has 0 bridgehead atoms. The van der Waals surface area contributed by atoms with Gasteiger partial charge in [-0.05, 0) is 50.2 Å². The maximum Gasteiger partial charge on any atom is 0.409 e. The van der Waals surface area contributed by atoms with Gasteiger partial charge >= 0.3 is 6.09 Å². The van der Waals surface area contributed by atoms with Gasteiger partial charge in [0.2, 0.25) is 5.91 Å². The van der Waals surface area contributed by atoms with Gasteiger partial charge in [-0.1, -0.05) is 25.1 Å². The van der Waals surface area contributed by atoms with Gasteiger partial charge in [-0.2, -0.15) is 0 Å². The maximum atomic E-state index is 13.4. The molecule has 1 fully saturated rings. The molecule has 2 amide bonds. The third kappa shape index (κ3) is 3.72. The van der Waals surface area contributed by atoms with Crippen molar-refractivity contribution in [2.24, 2.45) is 5.92 Å². The molecule has 2 aromatic rings. The first kappa shape index (κ1) is 19.8. The zero-order chi connectivity index (χ0) is 20.5. The molecular weight excluding hydrogens is 366 g/mol. The fraction of sp³-hybridized carbons (Fsp3) is 0.565. The van der Waals surface area contributed by atoms with Crippen molar-refractivity contribution in [2.45, 2.75) is 57.6 Å². The van der Waals surface area contributed by atoms with Crippen molar-refractivity contribution in [3.05, 3.63) is 35.5 Å². The lowest BCUT2D eigenvalue weighted by Gasteiger charge is -2.39. The summed E-state index contributed by atoms with van der Waals surface area (Å²) in [5.74, 6) is 0.294. The number of aromatic amines is 1. The van der Waals surface area contributed by atoms with E-state index in [9.17, 15) is 9.59 Å². The number of carbonyl (C=O) groups excluding carboxylic acids is 2. The van der Waals surface area contributed by atoms with E-state index in [0.29, 0.717) is 0 Å². The van der Waals surface area contributed by atoms with Crippen LogP contribution < -0.4 is 0 Å². The molecule has 0 saturated heterocycles.